The van der Waals surface area contributed by atoms with Crippen LogP contribution in [0.15, 0.2) is 30.5 Å². The van der Waals surface area contributed by atoms with Gasteiger partial charge in [-0.3, -0.25) is 0 Å². The van der Waals surface area contributed by atoms with E-state index in [9.17, 15) is 8.42 Å². The van der Waals surface area contributed by atoms with Crippen molar-refractivity contribution in [2.75, 3.05) is 22.1 Å². The molecule has 1 aromatic heterocycles. The monoisotopic (exact) mass is 363 g/mol. The van der Waals surface area contributed by atoms with Crippen LogP contribution in [0.2, 0.25) is 0 Å². The molecule has 1 fully saturated rings. The molecule has 1 saturated heterocycles. The van der Waals surface area contributed by atoms with Crippen LogP contribution in [-0.2, 0) is 9.84 Å². The van der Waals surface area contributed by atoms with Crippen molar-refractivity contribution in [2.45, 2.75) is 32.4 Å². The molecule has 25 heavy (non-hydrogen) atoms. The second-order valence-electron chi connectivity index (χ2n) is 6.23. The Hall–Kier alpha value is -2.42. The van der Waals surface area contributed by atoms with Crippen molar-refractivity contribution in [1.29, 1.82) is 0 Å². The standard InChI is InChI=1S/C16H21N5O3S/c1-11(2)24-14-5-3-12(4-6-14)18-15-9-17-21-16(20-15)19-13-7-8-25(22,23)10-13/h3-6,9,11,13H,7-8,10H2,1-2H3,(H2,18,19,20,21). The van der Waals surface area contributed by atoms with Gasteiger partial charge in [-0.15, -0.1) is 5.10 Å². The summed E-state index contributed by atoms with van der Waals surface area (Å²) in [6.45, 7) is 3.95. The summed E-state index contributed by atoms with van der Waals surface area (Å²) in [4.78, 5) is 4.33. The van der Waals surface area contributed by atoms with Crippen molar-refractivity contribution in [3.8, 4) is 5.75 Å². The molecule has 1 unspecified atom stereocenters. The molecule has 0 aliphatic carbocycles. The first-order valence-electron chi connectivity index (χ1n) is 8.10. The van der Waals surface area contributed by atoms with Gasteiger partial charge in [0.2, 0.25) is 5.95 Å². The zero-order chi connectivity index (χ0) is 17.9. The normalized spacial score (nSPS) is 18.9. The number of benzene rings is 1. The molecule has 9 heteroatoms. The topological polar surface area (TPSA) is 106 Å². The summed E-state index contributed by atoms with van der Waals surface area (Å²) in [6, 6.07) is 7.35. The summed E-state index contributed by atoms with van der Waals surface area (Å²) in [5.74, 6) is 1.93. The molecule has 0 saturated carbocycles. The lowest BCUT2D eigenvalue weighted by molar-refractivity contribution is 0.242. The molecule has 2 heterocycles. The molecule has 1 aromatic carbocycles. The van der Waals surface area contributed by atoms with Crippen molar-refractivity contribution in [1.82, 2.24) is 15.2 Å². The van der Waals surface area contributed by atoms with Gasteiger partial charge >= 0.3 is 0 Å². The van der Waals surface area contributed by atoms with Gasteiger partial charge in [-0.25, -0.2) is 8.42 Å². The lowest BCUT2D eigenvalue weighted by atomic mass is 10.3. The number of ether oxygens (including phenoxy) is 1. The Labute approximate surface area is 147 Å². The van der Waals surface area contributed by atoms with Crippen LogP contribution < -0.4 is 15.4 Å². The molecule has 1 aliphatic rings. The summed E-state index contributed by atoms with van der Waals surface area (Å²) < 4.78 is 28.6. The summed E-state index contributed by atoms with van der Waals surface area (Å²) in [7, 11) is -2.95. The molecular formula is C16H21N5O3S. The number of hydrogen-bond donors (Lipinski definition) is 2. The maximum atomic E-state index is 11.5. The number of hydrogen-bond acceptors (Lipinski definition) is 8. The van der Waals surface area contributed by atoms with Crippen LogP contribution in [-0.4, -0.2) is 47.3 Å². The van der Waals surface area contributed by atoms with Crippen molar-refractivity contribution in [3.05, 3.63) is 30.5 Å². The Balaban J connectivity index is 1.63. The maximum absolute atomic E-state index is 11.5. The van der Waals surface area contributed by atoms with Crippen molar-refractivity contribution >= 4 is 27.3 Å². The fourth-order valence-corrected chi connectivity index (χ4v) is 4.23. The first-order chi connectivity index (χ1) is 11.9. The minimum atomic E-state index is -2.95. The van der Waals surface area contributed by atoms with Gasteiger partial charge in [0.15, 0.2) is 15.7 Å². The van der Waals surface area contributed by atoms with Gasteiger partial charge in [-0.05, 0) is 44.5 Å². The van der Waals surface area contributed by atoms with E-state index in [1.807, 2.05) is 38.1 Å². The molecule has 0 radical (unpaired) electrons. The number of anilines is 3. The molecule has 2 aromatic rings. The predicted molar refractivity (Wildman–Crippen MR) is 96.0 cm³/mol. The number of sulfone groups is 1. The lowest BCUT2D eigenvalue weighted by Crippen LogP contribution is -2.22. The third-order valence-corrected chi connectivity index (χ3v) is 5.39. The molecule has 0 spiro atoms. The van der Waals surface area contributed by atoms with E-state index in [1.165, 1.54) is 6.20 Å². The van der Waals surface area contributed by atoms with Crippen molar-refractivity contribution in [2.24, 2.45) is 0 Å². The smallest absolute Gasteiger partial charge is 0.244 e. The van der Waals surface area contributed by atoms with Gasteiger partial charge in [0, 0.05) is 11.7 Å². The van der Waals surface area contributed by atoms with Crippen LogP contribution in [0.4, 0.5) is 17.5 Å². The van der Waals surface area contributed by atoms with Gasteiger partial charge in [-0.2, -0.15) is 10.1 Å². The second kappa shape index (κ2) is 7.22. The molecular weight excluding hydrogens is 342 g/mol. The van der Waals surface area contributed by atoms with Crippen LogP contribution in [0.25, 0.3) is 0 Å². The van der Waals surface area contributed by atoms with E-state index >= 15 is 0 Å². The highest BCUT2D eigenvalue weighted by Crippen LogP contribution is 2.20. The minimum Gasteiger partial charge on any atom is -0.491 e. The summed E-state index contributed by atoms with van der Waals surface area (Å²) >= 11 is 0. The molecule has 0 amide bonds. The zero-order valence-electron chi connectivity index (χ0n) is 14.1. The van der Waals surface area contributed by atoms with E-state index in [-0.39, 0.29) is 23.7 Å². The van der Waals surface area contributed by atoms with E-state index in [4.69, 9.17) is 4.74 Å². The highest BCUT2D eigenvalue weighted by atomic mass is 32.2. The first kappa shape index (κ1) is 17.4. The lowest BCUT2D eigenvalue weighted by Gasteiger charge is -2.12. The van der Waals surface area contributed by atoms with Gasteiger partial charge in [-0.1, -0.05) is 0 Å². The Kier molecular flexibility index (Phi) is 5.03. The van der Waals surface area contributed by atoms with Crippen LogP contribution in [0.1, 0.15) is 20.3 Å². The Morgan fingerprint density at radius 3 is 2.64 bits per heavy atom. The fourth-order valence-electron chi connectivity index (χ4n) is 2.55. The number of aromatic nitrogens is 3. The third kappa shape index (κ3) is 5.02. The Bertz CT molecular complexity index is 824. The van der Waals surface area contributed by atoms with E-state index in [0.29, 0.717) is 18.2 Å². The maximum Gasteiger partial charge on any atom is 0.244 e. The summed E-state index contributed by atoms with van der Waals surface area (Å²) in [6.07, 6.45) is 2.19. The molecule has 1 aliphatic heterocycles. The molecule has 8 nitrogen and oxygen atoms in total. The first-order valence-corrected chi connectivity index (χ1v) is 9.92. The third-order valence-electron chi connectivity index (χ3n) is 3.62. The second-order valence-corrected chi connectivity index (χ2v) is 8.45. The molecule has 1 atom stereocenters. The predicted octanol–water partition coefficient (Wildman–Crippen LogP) is 2.00. The highest BCUT2D eigenvalue weighted by molar-refractivity contribution is 7.91. The van der Waals surface area contributed by atoms with E-state index in [2.05, 4.69) is 25.8 Å². The largest absolute Gasteiger partial charge is 0.491 e. The van der Waals surface area contributed by atoms with Gasteiger partial charge in [0.05, 0.1) is 23.8 Å². The zero-order valence-corrected chi connectivity index (χ0v) is 15.0. The van der Waals surface area contributed by atoms with Gasteiger partial charge in [0.1, 0.15) is 5.75 Å². The summed E-state index contributed by atoms with van der Waals surface area (Å²) in [5, 5.41) is 14.0. The average molecular weight is 363 g/mol. The molecule has 2 N–H and O–H groups in total. The van der Waals surface area contributed by atoms with Crippen LogP contribution in [0.5, 0.6) is 5.75 Å². The van der Waals surface area contributed by atoms with Crippen molar-refractivity contribution < 1.29 is 13.2 Å². The van der Waals surface area contributed by atoms with E-state index < -0.39 is 9.84 Å². The van der Waals surface area contributed by atoms with E-state index in [0.717, 1.165) is 11.4 Å². The molecule has 134 valence electrons. The number of nitrogens with one attached hydrogen (secondary N) is 2. The van der Waals surface area contributed by atoms with Crippen LogP contribution >= 0.6 is 0 Å². The van der Waals surface area contributed by atoms with E-state index in [1.54, 1.807) is 0 Å². The van der Waals surface area contributed by atoms with Crippen molar-refractivity contribution in [3.63, 3.8) is 0 Å². The number of nitrogens with zero attached hydrogens (tertiary/aromatic N) is 3. The molecule has 0 bridgehead atoms. The SMILES string of the molecule is CC(C)Oc1ccc(Nc2cnnc(NC3CCS(=O)(=O)C3)n2)cc1. The fraction of sp³-hybridized carbons (Fsp3) is 0.438. The summed E-state index contributed by atoms with van der Waals surface area (Å²) in [5.41, 5.74) is 0.839. The number of rotatable bonds is 6. The highest BCUT2D eigenvalue weighted by Gasteiger charge is 2.28. The van der Waals surface area contributed by atoms with Gasteiger partial charge < -0.3 is 15.4 Å². The molecule has 3 rings (SSSR count). The Morgan fingerprint density at radius 1 is 1.24 bits per heavy atom. The van der Waals surface area contributed by atoms with Crippen LogP contribution in [0.3, 0.4) is 0 Å². The quantitative estimate of drug-likeness (QED) is 0.803. The average Bonchev–Trinajstić information content (AvgIpc) is 2.88. The van der Waals surface area contributed by atoms with Gasteiger partial charge in [0.25, 0.3) is 0 Å². The Morgan fingerprint density at radius 2 is 2.00 bits per heavy atom. The van der Waals surface area contributed by atoms with Crippen LogP contribution in [0, 0.1) is 0 Å². The minimum absolute atomic E-state index is 0.103.